The van der Waals surface area contributed by atoms with E-state index in [4.69, 9.17) is 4.74 Å². The van der Waals surface area contributed by atoms with E-state index in [-0.39, 0.29) is 5.91 Å². The number of thioether (sulfide) groups is 1. The third kappa shape index (κ3) is 5.14. The standard InChI is InChI=1S/C23H28N4O2S/c1-27(14-17-7-8-19-13-20(29-2)10-9-18(19)11-17)22(28)15-30-23-24-21(25-26-23)12-16-5-3-4-6-16/h7-11,13,16H,3-6,12,14-15H2,1-2H3,(H,24,25,26). The minimum Gasteiger partial charge on any atom is -0.497 e. The van der Waals surface area contributed by atoms with Gasteiger partial charge in [0.15, 0.2) is 0 Å². The number of rotatable bonds is 8. The Morgan fingerprint density at radius 1 is 1.20 bits per heavy atom. The number of hydrogen-bond donors (Lipinski definition) is 1. The number of hydrogen-bond acceptors (Lipinski definition) is 5. The molecule has 6 nitrogen and oxygen atoms in total. The molecule has 1 saturated carbocycles. The van der Waals surface area contributed by atoms with Crippen molar-refractivity contribution in [3.05, 3.63) is 47.8 Å². The van der Waals surface area contributed by atoms with Crippen LogP contribution in [-0.2, 0) is 17.8 Å². The molecular weight excluding hydrogens is 396 g/mol. The first-order valence-electron chi connectivity index (χ1n) is 10.5. The van der Waals surface area contributed by atoms with Gasteiger partial charge in [-0.2, -0.15) is 0 Å². The third-order valence-electron chi connectivity index (χ3n) is 5.75. The number of amides is 1. The number of H-pyrrole nitrogens is 1. The van der Waals surface area contributed by atoms with E-state index in [1.165, 1.54) is 37.4 Å². The van der Waals surface area contributed by atoms with Crippen molar-refractivity contribution in [1.29, 1.82) is 0 Å². The Kier molecular flexibility index (Phi) is 6.57. The summed E-state index contributed by atoms with van der Waals surface area (Å²) >= 11 is 1.39. The van der Waals surface area contributed by atoms with Gasteiger partial charge in [0.2, 0.25) is 11.1 Å². The predicted octanol–water partition coefficient (Wildman–Crippen LogP) is 4.45. The lowest BCUT2D eigenvalue weighted by Gasteiger charge is -2.17. The first kappa shape index (κ1) is 20.7. The zero-order valence-corrected chi connectivity index (χ0v) is 18.4. The summed E-state index contributed by atoms with van der Waals surface area (Å²) in [6.07, 6.45) is 6.19. The molecule has 1 amide bonds. The Hall–Kier alpha value is -2.54. The molecule has 0 aliphatic heterocycles. The maximum atomic E-state index is 12.6. The van der Waals surface area contributed by atoms with Gasteiger partial charge < -0.3 is 9.64 Å². The number of aromatic amines is 1. The number of fused-ring (bicyclic) bond motifs is 1. The lowest BCUT2D eigenvalue weighted by Crippen LogP contribution is -2.27. The molecule has 7 heteroatoms. The molecular formula is C23H28N4O2S. The van der Waals surface area contributed by atoms with Crippen molar-refractivity contribution in [1.82, 2.24) is 20.1 Å². The Morgan fingerprint density at radius 3 is 2.77 bits per heavy atom. The van der Waals surface area contributed by atoms with Crippen LogP contribution in [0.25, 0.3) is 10.8 Å². The van der Waals surface area contributed by atoms with E-state index in [1.807, 2.05) is 25.2 Å². The van der Waals surface area contributed by atoms with Gasteiger partial charge >= 0.3 is 0 Å². The molecule has 0 unspecified atom stereocenters. The topological polar surface area (TPSA) is 71.1 Å². The van der Waals surface area contributed by atoms with Gasteiger partial charge in [0, 0.05) is 20.0 Å². The molecule has 0 bridgehead atoms. The maximum Gasteiger partial charge on any atom is 0.233 e. The molecule has 0 saturated heterocycles. The number of carbonyl (C=O) groups is 1. The fourth-order valence-electron chi connectivity index (χ4n) is 4.02. The normalized spacial score (nSPS) is 14.3. The molecule has 158 valence electrons. The smallest absolute Gasteiger partial charge is 0.233 e. The predicted molar refractivity (Wildman–Crippen MR) is 120 cm³/mol. The van der Waals surface area contributed by atoms with Crippen LogP contribution < -0.4 is 4.74 Å². The largest absolute Gasteiger partial charge is 0.497 e. The van der Waals surface area contributed by atoms with Crippen LogP contribution in [-0.4, -0.2) is 45.9 Å². The van der Waals surface area contributed by atoms with Crippen molar-refractivity contribution in [2.45, 2.75) is 43.8 Å². The Labute approximate surface area is 181 Å². The number of nitrogens with one attached hydrogen (secondary N) is 1. The van der Waals surface area contributed by atoms with Crippen LogP contribution in [0.2, 0.25) is 0 Å². The Bertz CT molecular complexity index is 1010. The average molecular weight is 425 g/mol. The van der Waals surface area contributed by atoms with E-state index in [1.54, 1.807) is 12.0 Å². The van der Waals surface area contributed by atoms with Gasteiger partial charge in [-0.05, 0) is 40.5 Å². The van der Waals surface area contributed by atoms with Crippen molar-refractivity contribution >= 4 is 28.4 Å². The SMILES string of the molecule is COc1ccc2cc(CN(C)C(=O)CSc3n[nH]c(CC4CCCC4)n3)ccc2c1. The van der Waals surface area contributed by atoms with Crippen molar-refractivity contribution in [2.24, 2.45) is 5.92 Å². The fourth-order valence-corrected chi connectivity index (χ4v) is 4.78. The highest BCUT2D eigenvalue weighted by Gasteiger charge is 2.18. The van der Waals surface area contributed by atoms with E-state index in [0.717, 1.165) is 40.2 Å². The molecule has 4 rings (SSSR count). The monoisotopic (exact) mass is 424 g/mol. The molecule has 2 aromatic carbocycles. The second-order valence-corrected chi connectivity index (χ2v) is 8.95. The van der Waals surface area contributed by atoms with E-state index in [0.29, 0.717) is 17.5 Å². The van der Waals surface area contributed by atoms with Crippen molar-refractivity contribution in [3.63, 3.8) is 0 Å². The molecule has 1 fully saturated rings. The summed E-state index contributed by atoms with van der Waals surface area (Å²) in [7, 11) is 3.51. The van der Waals surface area contributed by atoms with Gasteiger partial charge in [0.05, 0.1) is 12.9 Å². The van der Waals surface area contributed by atoms with Crippen molar-refractivity contribution in [3.8, 4) is 5.75 Å². The van der Waals surface area contributed by atoms with E-state index in [9.17, 15) is 4.79 Å². The fraction of sp³-hybridized carbons (Fsp3) is 0.435. The highest BCUT2D eigenvalue weighted by atomic mass is 32.2. The van der Waals surface area contributed by atoms with E-state index >= 15 is 0 Å². The third-order valence-corrected chi connectivity index (χ3v) is 6.58. The number of benzene rings is 2. The summed E-state index contributed by atoms with van der Waals surface area (Å²) in [6.45, 7) is 0.572. The first-order valence-corrected chi connectivity index (χ1v) is 11.4. The van der Waals surface area contributed by atoms with Gasteiger partial charge in [-0.1, -0.05) is 55.6 Å². The molecule has 3 aromatic rings. The lowest BCUT2D eigenvalue weighted by molar-refractivity contribution is -0.127. The molecule has 0 spiro atoms. The van der Waals surface area contributed by atoms with Crippen LogP contribution in [0.3, 0.4) is 0 Å². The summed E-state index contributed by atoms with van der Waals surface area (Å²) in [6, 6.07) is 12.3. The minimum absolute atomic E-state index is 0.0666. The Balaban J connectivity index is 1.29. The van der Waals surface area contributed by atoms with Gasteiger partial charge in [0.25, 0.3) is 0 Å². The molecule has 1 heterocycles. The summed E-state index contributed by atoms with van der Waals surface area (Å²) in [5, 5.41) is 10.2. The number of ether oxygens (including phenoxy) is 1. The number of carbonyl (C=O) groups excluding carboxylic acids is 1. The summed E-state index contributed by atoms with van der Waals surface area (Å²) < 4.78 is 5.28. The lowest BCUT2D eigenvalue weighted by atomic mass is 10.0. The van der Waals surface area contributed by atoms with Crippen LogP contribution >= 0.6 is 11.8 Å². The molecule has 1 aromatic heterocycles. The summed E-state index contributed by atoms with van der Waals surface area (Å²) in [5.74, 6) is 2.92. The second-order valence-electron chi connectivity index (χ2n) is 8.01. The first-order chi connectivity index (χ1) is 14.6. The van der Waals surface area contributed by atoms with Crippen LogP contribution in [0.5, 0.6) is 5.75 Å². The molecule has 1 aliphatic rings. The van der Waals surface area contributed by atoms with Crippen LogP contribution in [0.4, 0.5) is 0 Å². The molecule has 30 heavy (non-hydrogen) atoms. The quantitative estimate of drug-likeness (QED) is 0.541. The van der Waals surface area contributed by atoms with E-state index < -0.39 is 0 Å². The van der Waals surface area contributed by atoms with Crippen molar-refractivity contribution in [2.75, 3.05) is 19.9 Å². The molecule has 0 radical (unpaired) electrons. The zero-order valence-electron chi connectivity index (χ0n) is 17.6. The maximum absolute atomic E-state index is 12.6. The van der Waals surface area contributed by atoms with Crippen molar-refractivity contribution < 1.29 is 9.53 Å². The van der Waals surface area contributed by atoms with Gasteiger partial charge in [-0.3, -0.25) is 9.89 Å². The van der Waals surface area contributed by atoms with Gasteiger partial charge in [0.1, 0.15) is 11.6 Å². The van der Waals surface area contributed by atoms with Crippen LogP contribution in [0.1, 0.15) is 37.1 Å². The average Bonchev–Trinajstić information content (AvgIpc) is 3.44. The summed E-state index contributed by atoms with van der Waals surface area (Å²) in [4.78, 5) is 18.9. The second kappa shape index (κ2) is 9.51. The molecule has 0 atom stereocenters. The highest BCUT2D eigenvalue weighted by Crippen LogP contribution is 2.27. The van der Waals surface area contributed by atoms with E-state index in [2.05, 4.69) is 33.4 Å². The zero-order chi connectivity index (χ0) is 20.9. The number of methoxy groups -OCH3 is 1. The van der Waals surface area contributed by atoms with Gasteiger partial charge in [-0.15, -0.1) is 5.10 Å². The molecule has 1 aliphatic carbocycles. The minimum atomic E-state index is 0.0666. The highest BCUT2D eigenvalue weighted by molar-refractivity contribution is 7.99. The molecule has 1 N–H and O–H groups in total. The van der Waals surface area contributed by atoms with Gasteiger partial charge in [-0.25, -0.2) is 4.98 Å². The number of nitrogens with zero attached hydrogens (tertiary/aromatic N) is 3. The summed E-state index contributed by atoms with van der Waals surface area (Å²) in [5.41, 5.74) is 1.10. The van der Waals surface area contributed by atoms with Crippen LogP contribution in [0, 0.1) is 5.92 Å². The van der Waals surface area contributed by atoms with Crippen LogP contribution in [0.15, 0.2) is 41.6 Å². The Morgan fingerprint density at radius 2 is 1.97 bits per heavy atom. The number of aromatic nitrogens is 3.